The van der Waals surface area contributed by atoms with Gasteiger partial charge < -0.3 is 5.11 Å². The van der Waals surface area contributed by atoms with Crippen LogP contribution in [0.4, 0.5) is 0 Å². The smallest absolute Gasteiger partial charge is 0.187 e. The Labute approximate surface area is 126 Å². The highest BCUT2D eigenvalue weighted by Gasteiger charge is 2.34. The highest BCUT2D eigenvalue weighted by Crippen LogP contribution is 2.33. The maximum atomic E-state index is 12.9. The van der Waals surface area contributed by atoms with Gasteiger partial charge in [0.1, 0.15) is 5.25 Å². The number of benzene rings is 2. The summed E-state index contributed by atoms with van der Waals surface area (Å²) in [4.78, 5) is 0.244. The van der Waals surface area contributed by atoms with Gasteiger partial charge in [-0.2, -0.15) is 0 Å². The molecule has 3 nitrogen and oxygen atoms in total. The zero-order valence-corrected chi connectivity index (χ0v) is 12.8. The molecule has 0 bridgehead atoms. The molecule has 0 saturated carbocycles. The van der Waals surface area contributed by atoms with Crippen LogP contribution in [0.1, 0.15) is 30.6 Å². The fourth-order valence-corrected chi connectivity index (χ4v) is 4.35. The fraction of sp³-hybridized carbons (Fsp3) is 0.294. The summed E-state index contributed by atoms with van der Waals surface area (Å²) >= 11 is 0. The van der Waals surface area contributed by atoms with Gasteiger partial charge in [-0.3, -0.25) is 0 Å². The van der Waals surface area contributed by atoms with Gasteiger partial charge in [-0.05, 0) is 24.1 Å². The van der Waals surface area contributed by atoms with Crippen molar-refractivity contribution in [2.75, 3.05) is 0 Å². The molecule has 0 aliphatic heterocycles. The highest BCUT2D eigenvalue weighted by molar-refractivity contribution is 7.91. The summed E-state index contributed by atoms with van der Waals surface area (Å²) in [6.07, 6.45) is 0.267. The molecule has 0 saturated heterocycles. The van der Waals surface area contributed by atoms with Gasteiger partial charge in [-0.15, -0.1) is 0 Å². The average Bonchev–Trinajstić information content (AvgIpc) is 2.49. The molecule has 0 aliphatic carbocycles. The standard InChI is InChI=1S/C17H20O3S/c1-2-9-16(18)17(14-10-5-3-6-11-14)21(19,20)15-12-7-4-8-13-15/h3-8,10-13,16-18H,2,9H2,1H3. The van der Waals surface area contributed by atoms with Crippen molar-refractivity contribution >= 4 is 9.84 Å². The second-order valence-corrected chi connectivity index (χ2v) is 7.11. The van der Waals surface area contributed by atoms with Crippen molar-refractivity contribution in [1.82, 2.24) is 0 Å². The molecule has 2 rings (SSSR count). The minimum absolute atomic E-state index is 0.244. The van der Waals surface area contributed by atoms with Crippen LogP contribution in [-0.4, -0.2) is 19.6 Å². The Bertz CT molecular complexity index is 651. The Morgan fingerprint density at radius 1 is 0.952 bits per heavy atom. The largest absolute Gasteiger partial charge is 0.391 e. The molecular weight excluding hydrogens is 284 g/mol. The fourth-order valence-electron chi connectivity index (χ4n) is 2.45. The van der Waals surface area contributed by atoms with E-state index < -0.39 is 21.2 Å². The summed E-state index contributed by atoms with van der Waals surface area (Å²) in [6.45, 7) is 1.93. The van der Waals surface area contributed by atoms with Crippen LogP contribution >= 0.6 is 0 Å². The summed E-state index contributed by atoms with van der Waals surface area (Å²) in [5.74, 6) is 0. The van der Waals surface area contributed by atoms with Crippen LogP contribution in [0.5, 0.6) is 0 Å². The third kappa shape index (κ3) is 3.52. The highest BCUT2D eigenvalue weighted by atomic mass is 32.2. The Morgan fingerprint density at radius 2 is 1.48 bits per heavy atom. The molecular formula is C17H20O3S. The average molecular weight is 304 g/mol. The number of hydrogen-bond acceptors (Lipinski definition) is 3. The number of hydrogen-bond donors (Lipinski definition) is 1. The van der Waals surface area contributed by atoms with E-state index in [-0.39, 0.29) is 4.90 Å². The number of aliphatic hydroxyl groups is 1. The van der Waals surface area contributed by atoms with Crippen molar-refractivity contribution in [3.05, 3.63) is 66.2 Å². The predicted octanol–water partition coefficient (Wildman–Crippen LogP) is 3.36. The Balaban J connectivity index is 2.50. The Hall–Kier alpha value is -1.65. The van der Waals surface area contributed by atoms with Gasteiger partial charge in [0.05, 0.1) is 11.0 Å². The predicted molar refractivity (Wildman–Crippen MR) is 83.7 cm³/mol. The van der Waals surface area contributed by atoms with Crippen LogP contribution in [0.15, 0.2) is 65.6 Å². The van der Waals surface area contributed by atoms with E-state index in [9.17, 15) is 13.5 Å². The van der Waals surface area contributed by atoms with Gasteiger partial charge in [0, 0.05) is 0 Å². The first kappa shape index (κ1) is 15.7. The van der Waals surface area contributed by atoms with Crippen LogP contribution < -0.4 is 0 Å². The van der Waals surface area contributed by atoms with E-state index in [1.54, 1.807) is 54.6 Å². The second-order valence-electron chi connectivity index (χ2n) is 5.05. The molecule has 0 aromatic heterocycles. The molecule has 21 heavy (non-hydrogen) atoms. The minimum atomic E-state index is -3.63. The van der Waals surface area contributed by atoms with Crippen molar-refractivity contribution in [3.8, 4) is 0 Å². The van der Waals surface area contributed by atoms with Crippen LogP contribution in [0.25, 0.3) is 0 Å². The number of rotatable bonds is 6. The third-order valence-electron chi connectivity index (χ3n) is 3.47. The molecule has 4 heteroatoms. The van der Waals surface area contributed by atoms with Crippen molar-refractivity contribution in [2.24, 2.45) is 0 Å². The van der Waals surface area contributed by atoms with E-state index in [0.29, 0.717) is 12.0 Å². The molecule has 0 radical (unpaired) electrons. The lowest BCUT2D eigenvalue weighted by molar-refractivity contribution is 0.157. The molecule has 0 aliphatic rings. The van der Waals surface area contributed by atoms with Crippen molar-refractivity contribution in [3.63, 3.8) is 0 Å². The quantitative estimate of drug-likeness (QED) is 0.890. The first-order chi connectivity index (χ1) is 10.1. The normalized spacial score (nSPS) is 14.6. The molecule has 112 valence electrons. The molecule has 1 N–H and O–H groups in total. The second kappa shape index (κ2) is 6.87. The summed E-state index contributed by atoms with van der Waals surface area (Å²) in [7, 11) is -3.63. The van der Waals surface area contributed by atoms with E-state index in [0.717, 1.165) is 6.42 Å². The van der Waals surface area contributed by atoms with Crippen LogP contribution in [-0.2, 0) is 9.84 Å². The lowest BCUT2D eigenvalue weighted by Gasteiger charge is -2.23. The first-order valence-corrected chi connectivity index (χ1v) is 8.64. The Kier molecular flexibility index (Phi) is 5.15. The maximum absolute atomic E-state index is 12.9. The first-order valence-electron chi connectivity index (χ1n) is 7.09. The van der Waals surface area contributed by atoms with Crippen LogP contribution in [0.2, 0.25) is 0 Å². The molecule has 2 atom stereocenters. The van der Waals surface area contributed by atoms with Crippen molar-refractivity contribution in [2.45, 2.75) is 36.0 Å². The van der Waals surface area contributed by atoms with E-state index in [4.69, 9.17) is 0 Å². The van der Waals surface area contributed by atoms with Gasteiger partial charge in [0.2, 0.25) is 0 Å². The maximum Gasteiger partial charge on any atom is 0.187 e. The van der Waals surface area contributed by atoms with Gasteiger partial charge >= 0.3 is 0 Å². The summed E-state index contributed by atoms with van der Waals surface area (Å²) in [6, 6.07) is 17.2. The van der Waals surface area contributed by atoms with Gasteiger partial charge in [0.15, 0.2) is 9.84 Å². The minimum Gasteiger partial charge on any atom is -0.391 e. The molecule has 0 heterocycles. The lowest BCUT2D eigenvalue weighted by atomic mass is 10.0. The van der Waals surface area contributed by atoms with E-state index >= 15 is 0 Å². The lowest BCUT2D eigenvalue weighted by Crippen LogP contribution is -2.26. The number of sulfone groups is 1. The van der Waals surface area contributed by atoms with Gasteiger partial charge in [-0.25, -0.2) is 8.42 Å². The number of aliphatic hydroxyl groups excluding tert-OH is 1. The zero-order chi connectivity index (χ0) is 15.3. The zero-order valence-electron chi connectivity index (χ0n) is 12.0. The molecule has 0 spiro atoms. The summed E-state index contributed by atoms with van der Waals surface area (Å²) < 4.78 is 25.8. The van der Waals surface area contributed by atoms with E-state index in [1.807, 2.05) is 13.0 Å². The molecule has 2 aromatic rings. The van der Waals surface area contributed by atoms with Gasteiger partial charge in [0.25, 0.3) is 0 Å². The van der Waals surface area contributed by atoms with Crippen LogP contribution in [0.3, 0.4) is 0 Å². The van der Waals surface area contributed by atoms with Gasteiger partial charge in [-0.1, -0.05) is 61.9 Å². The topological polar surface area (TPSA) is 54.4 Å². The molecule has 2 unspecified atom stereocenters. The third-order valence-corrected chi connectivity index (χ3v) is 5.65. The monoisotopic (exact) mass is 304 g/mol. The molecule has 0 amide bonds. The molecule has 2 aromatic carbocycles. The van der Waals surface area contributed by atoms with E-state index in [1.165, 1.54) is 0 Å². The van der Waals surface area contributed by atoms with Crippen molar-refractivity contribution < 1.29 is 13.5 Å². The summed E-state index contributed by atoms with van der Waals surface area (Å²) in [5, 5.41) is 9.45. The van der Waals surface area contributed by atoms with Crippen molar-refractivity contribution in [1.29, 1.82) is 0 Å². The molecule has 0 fully saturated rings. The summed E-state index contributed by atoms with van der Waals surface area (Å²) in [5.41, 5.74) is 0.627. The van der Waals surface area contributed by atoms with E-state index in [2.05, 4.69) is 0 Å². The van der Waals surface area contributed by atoms with Crippen LogP contribution in [0, 0.1) is 0 Å². The Morgan fingerprint density at radius 3 is 2.00 bits per heavy atom. The SMILES string of the molecule is CCCC(O)C(c1ccccc1)S(=O)(=O)c1ccccc1.